The van der Waals surface area contributed by atoms with Crippen LogP contribution >= 0.6 is 0 Å². The Morgan fingerprint density at radius 2 is 1.29 bits per heavy atom. The quantitative estimate of drug-likeness (QED) is 0.205. The molecule has 0 aliphatic heterocycles. The Hall–Kier alpha value is -2.82. The van der Waals surface area contributed by atoms with Gasteiger partial charge >= 0.3 is 11.9 Å². The van der Waals surface area contributed by atoms with E-state index in [-0.39, 0.29) is 17.2 Å². The van der Waals surface area contributed by atoms with Crippen LogP contribution in [0.1, 0.15) is 86.4 Å². The second-order valence-electron chi connectivity index (χ2n) is 7.81. The van der Waals surface area contributed by atoms with Gasteiger partial charge in [0.05, 0.1) is 23.8 Å². The predicted octanol–water partition coefficient (Wildman–Crippen LogP) is 6.60. The molecule has 0 atom stereocenters. The molecular weight excluding hydrogens is 392 g/mol. The Morgan fingerprint density at radius 1 is 0.742 bits per heavy atom. The maximum atomic E-state index is 12.8. The molecule has 0 bridgehead atoms. The zero-order valence-electron chi connectivity index (χ0n) is 18.9. The molecule has 0 spiro atoms. The van der Waals surface area contributed by atoms with Gasteiger partial charge in [-0.15, -0.1) is 0 Å². The second kappa shape index (κ2) is 13.5. The normalized spacial score (nSPS) is 10.7. The van der Waals surface area contributed by atoms with Gasteiger partial charge in [0.2, 0.25) is 0 Å². The molecule has 2 aromatic rings. The first kappa shape index (κ1) is 24.4. The highest BCUT2D eigenvalue weighted by Gasteiger charge is 2.21. The van der Waals surface area contributed by atoms with Crippen molar-refractivity contribution in [2.24, 2.45) is 0 Å². The van der Waals surface area contributed by atoms with Crippen molar-refractivity contribution in [1.29, 1.82) is 0 Å². The fraction of sp³-hybridized carbons (Fsp3) is 0.462. The summed E-state index contributed by atoms with van der Waals surface area (Å²) in [6, 6.07) is 13.5. The van der Waals surface area contributed by atoms with Crippen LogP contribution in [0.2, 0.25) is 0 Å². The molecule has 2 rings (SSSR count). The molecule has 168 valence electrons. The minimum atomic E-state index is -0.622. The maximum Gasteiger partial charge on any atom is 0.344 e. The summed E-state index contributed by atoms with van der Waals surface area (Å²) >= 11 is 0. The lowest BCUT2D eigenvalue weighted by Crippen LogP contribution is -2.17. The van der Waals surface area contributed by atoms with E-state index in [2.05, 4.69) is 6.92 Å². The summed E-state index contributed by atoms with van der Waals surface area (Å²) in [4.78, 5) is 25.3. The number of benzene rings is 2. The number of rotatable bonds is 13. The highest BCUT2D eigenvalue weighted by Crippen LogP contribution is 2.28. The number of hydrogen-bond donors (Lipinski definition) is 0. The van der Waals surface area contributed by atoms with Crippen molar-refractivity contribution in [3.63, 3.8) is 0 Å². The lowest BCUT2D eigenvalue weighted by Gasteiger charge is -2.14. The van der Waals surface area contributed by atoms with E-state index in [0.717, 1.165) is 19.3 Å². The van der Waals surface area contributed by atoms with Gasteiger partial charge in [0.1, 0.15) is 0 Å². The smallest absolute Gasteiger partial charge is 0.344 e. The number of ether oxygens (including phenoxy) is 3. The fourth-order valence-corrected chi connectivity index (χ4v) is 3.18. The summed E-state index contributed by atoms with van der Waals surface area (Å²) in [7, 11) is 0. The Labute approximate surface area is 185 Å². The molecule has 0 aliphatic rings. The van der Waals surface area contributed by atoms with E-state index in [0.29, 0.717) is 18.1 Å². The van der Waals surface area contributed by atoms with E-state index in [4.69, 9.17) is 14.2 Å². The molecule has 0 fully saturated rings. The van der Waals surface area contributed by atoms with Crippen LogP contribution in [-0.2, 0) is 4.74 Å². The third kappa shape index (κ3) is 8.44. The van der Waals surface area contributed by atoms with Gasteiger partial charge in [0.15, 0.2) is 11.5 Å². The summed E-state index contributed by atoms with van der Waals surface area (Å²) < 4.78 is 16.6. The molecule has 0 saturated carbocycles. The molecule has 0 saturated heterocycles. The maximum absolute atomic E-state index is 12.8. The van der Waals surface area contributed by atoms with E-state index < -0.39 is 11.9 Å². The molecule has 0 aromatic heterocycles. The van der Waals surface area contributed by atoms with Crippen LogP contribution in [0, 0.1) is 0 Å². The third-order valence-electron chi connectivity index (χ3n) is 4.76. The van der Waals surface area contributed by atoms with Crippen LogP contribution in [-0.4, -0.2) is 24.6 Å². The first-order chi connectivity index (χ1) is 15.0. The second-order valence-corrected chi connectivity index (χ2v) is 7.81. The molecule has 5 nitrogen and oxygen atoms in total. The van der Waals surface area contributed by atoms with E-state index in [1.54, 1.807) is 42.5 Å². The Morgan fingerprint density at radius 3 is 1.94 bits per heavy atom. The van der Waals surface area contributed by atoms with Crippen molar-refractivity contribution in [2.75, 3.05) is 6.61 Å². The number of carbonyl (C=O) groups is 2. The first-order valence-electron chi connectivity index (χ1n) is 11.3. The van der Waals surface area contributed by atoms with Crippen LogP contribution < -0.4 is 9.47 Å². The van der Waals surface area contributed by atoms with Gasteiger partial charge in [-0.3, -0.25) is 0 Å². The number of esters is 2. The molecule has 0 aliphatic carbocycles. The van der Waals surface area contributed by atoms with Crippen LogP contribution in [0.3, 0.4) is 0 Å². The molecule has 0 amide bonds. The van der Waals surface area contributed by atoms with E-state index in [1.807, 2.05) is 19.9 Å². The van der Waals surface area contributed by atoms with Crippen molar-refractivity contribution in [1.82, 2.24) is 0 Å². The van der Waals surface area contributed by atoms with E-state index in [1.165, 1.54) is 25.7 Å². The molecular formula is C26H34O5. The number of unbranched alkanes of at least 4 members (excludes halogenated alkanes) is 6. The van der Waals surface area contributed by atoms with Crippen LogP contribution in [0.15, 0.2) is 48.5 Å². The van der Waals surface area contributed by atoms with Crippen molar-refractivity contribution in [3.05, 3.63) is 59.7 Å². The topological polar surface area (TPSA) is 61.8 Å². The summed E-state index contributed by atoms with van der Waals surface area (Å²) in [5.74, 6) is -0.342. The summed E-state index contributed by atoms with van der Waals surface area (Å²) in [6.07, 6.45) is 7.94. The minimum absolute atomic E-state index is 0.0613. The molecule has 0 heterocycles. The van der Waals surface area contributed by atoms with Crippen molar-refractivity contribution in [3.8, 4) is 11.5 Å². The molecule has 0 radical (unpaired) electrons. The summed E-state index contributed by atoms with van der Waals surface area (Å²) in [5, 5.41) is 0. The van der Waals surface area contributed by atoms with Gasteiger partial charge in [0.25, 0.3) is 0 Å². The minimum Gasteiger partial charge on any atom is -0.487 e. The molecule has 0 unspecified atom stereocenters. The molecule has 0 N–H and O–H groups in total. The average molecular weight is 427 g/mol. The number of hydrogen-bond acceptors (Lipinski definition) is 5. The van der Waals surface area contributed by atoms with E-state index >= 15 is 0 Å². The molecule has 31 heavy (non-hydrogen) atoms. The number of carbonyl (C=O) groups excluding carboxylic acids is 2. The van der Waals surface area contributed by atoms with Gasteiger partial charge in [-0.1, -0.05) is 69.7 Å². The van der Waals surface area contributed by atoms with Crippen LogP contribution in [0.25, 0.3) is 0 Å². The SMILES string of the molecule is CCCCCCCCCOC(=O)c1ccccc1C(=O)Oc1ccccc1OC(C)C. The predicted molar refractivity (Wildman–Crippen MR) is 122 cm³/mol. The van der Waals surface area contributed by atoms with Crippen molar-refractivity contribution in [2.45, 2.75) is 71.8 Å². The van der Waals surface area contributed by atoms with Gasteiger partial charge in [-0.25, -0.2) is 9.59 Å². The zero-order valence-corrected chi connectivity index (χ0v) is 18.9. The van der Waals surface area contributed by atoms with Gasteiger partial charge in [-0.05, 0) is 44.5 Å². The van der Waals surface area contributed by atoms with Crippen LogP contribution in [0.5, 0.6) is 11.5 Å². The average Bonchev–Trinajstić information content (AvgIpc) is 2.76. The highest BCUT2D eigenvalue weighted by atomic mass is 16.6. The van der Waals surface area contributed by atoms with Crippen molar-refractivity contribution < 1.29 is 23.8 Å². The van der Waals surface area contributed by atoms with Gasteiger partial charge in [0, 0.05) is 0 Å². The Bertz CT molecular complexity index is 828. The standard InChI is InChI=1S/C26H34O5/c1-4-5-6-7-8-9-14-19-29-25(27)21-15-10-11-16-22(21)26(28)31-24-18-13-12-17-23(24)30-20(2)3/h10-13,15-18,20H,4-9,14,19H2,1-3H3. The first-order valence-corrected chi connectivity index (χ1v) is 11.3. The molecule has 2 aromatic carbocycles. The van der Waals surface area contributed by atoms with Gasteiger partial charge < -0.3 is 14.2 Å². The summed E-state index contributed by atoms with van der Waals surface area (Å²) in [6.45, 7) is 6.34. The van der Waals surface area contributed by atoms with Gasteiger partial charge in [-0.2, -0.15) is 0 Å². The monoisotopic (exact) mass is 426 g/mol. The Kier molecular flexibility index (Phi) is 10.6. The lowest BCUT2D eigenvalue weighted by atomic mass is 10.1. The largest absolute Gasteiger partial charge is 0.487 e. The molecule has 5 heteroatoms. The number of para-hydroxylation sites is 2. The Balaban J connectivity index is 1.94. The zero-order chi connectivity index (χ0) is 22.5. The highest BCUT2D eigenvalue weighted by molar-refractivity contribution is 6.03. The van der Waals surface area contributed by atoms with Crippen molar-refractivity contribution >= 4 is 11.9 Å². The summed E-state index contributed by atoms with van der Waals surface area (Å²) in [5.41, 5.74) is 0.379. The lowest BCUT2D eigenvalue weighted by molar-refractivity contribution is 0.0489. The third-order valence-corrected chi connectivity index (χ3v) is 4.76. The fourth-order valence-electron chi connectivity index (χ4n) is 3.18. The van der Waals surface area contributed by atoms with E-state index in [9.17, 15) is 9.59 Å². The van der Waals surface area contributed by atoms with Crippen LogP contribution in [0.4, 0.5) is 0 Å².